The molecule has 0 fully saturated rings. The Bertz CT molecular complexity index is 478. The van der Waals surface area contributed by atoms with Gasteiger partial charge in [0.25, 0.3) is 0 Å². The number of imidazole rings is 1. The van der Waals surface area contributed by atoms with E-state index in [1.807, 2.05) is 13.8 Å². The second-order valence-electron chi connectivity index (χ2n) is 2.71. The quantitative estimate of drug-likeness (QED) is 0.440. The van der Waals surface area contributed by atoms with E-state index in [0.717, 1.165) is 5.82 Å². The van der Waals surface area contributed by atoms with Gasteiger partial charge in [0.2, 0.25) is 5.28 Å². The number of allylic oxidation sites excluding steroid dienone is 1. The number of nitrogens with one attached hydrogen (secondary N) is 1. The molecule has 15 heavy (non-hydrogen) atoms. The molecule has 0 aliphatic carbocycles. The van der Waals surface area contributed by atoms with Crippen LogP contribution in [0, 0.1) is 6.92 Å². The van der Waals surface area contributed by atoms with E-state index >= 15 is 0 Å². The van der Waals surface area contributed by atoms with E-state index < -0.39 is 0 Å². The van der Waals surface area contributed by atoms with Crippen molar-refractivity contribution >= 4 is 34.4 Å². The Kier molecular flexibility index (Phi) is 4.05. The molecule has 0 atom stereocenters. The van der Waals surface area contributed by atoms with E-state index in [0.29, 0.717) is 16.3 Å². The van der Waals surface area contributed by atoms with Crippen LogP contribution >= 0.6 is 23.2 Å². The van der Waals surface area contributed by atoms with Crippen molar-refractivity contribution in [1.82, 2.24) is 19.9 Å². The highest BCUT2D eigenvalue weighted by Crippen LogP contribution is 2.19. The van der Waals surface area contributed by atoms with E-state index in [4.69, 9.17) is 23.2 Å². The van der Waals surface area contributed by atoms with Gasteiger partial charge in [0.1, 0.15) is 11.3 Å². The summed E-state index contributed by atoms with van der Waals surface area (Å²) in [6.07, 6.45) is 1.75. The number of H-pyrrole nitrogens is 1. The summed E-state index contributed by atoms with van der Waals surface area (Å²) in [5.74, 6) is 0.739. The van der Waals surface area contributed by atoms with Gasteiger partial charge < -0.3 is 4.98 Å². The van der Waals surface area contributed by atoms with Crippen molar-refractivity contribution in [2.45, 2.75) is 13.8 Å². The first-order valence-electron chi connectivity index (χ1n) is 4.21. The molecule has 0 radical (unpaired) electrons. The van der Waals surface area contributed by atoms with Crippen molar-refractivity contribution in [2.24, 2.45) is 0 Å². The van der Waals surface area contributed by atoms with Crippen LogP contribution in [-0.2, 0) is 0 Å². The Morgan fingerprint density at radius 1 is 1.27 bits per heavy atom. The largest absolute Gasteiger partial charge is 0.338 e. The zero-order valence-corrected chi connectivity index (χ0v) is 9.89. The van der Waals surface area contributed by atoms with Gasteiger partial charge in [-0.15, -0.1) is 6.58 Å². The SMILES string of the molecule is C=CC.Cc1nc2nc(Cl)nc(Cl)c2[nH]1. The Morgan fingerprint density at radius 3 is 2.47 bits per heavy atom. The lowest BCUT2D eigenvalue weighted by Gasteiger charge is -1.90. The smallest absolute Gasteiger partial charge is 0.225 e. The third kappa shape index (κ3) is 2.91. The minimum Gasteiger partial charge on any atom is -0.338 e. The summed E-state index contributed by atoms with van der Waals surface area (Å²) in [5, 5.41) is 0.407. The van der Waals surface area contributed by atoms with Crippen molar-refractivity contribution in [3.05, 3.63) is 28.9 Å². The first kappa shape index (κ1) is 11.9. The monoisotopic (exact) mass is 244 g/mol. The van der Waals surface area contributed by atoms with Gasteiger partial charge in [-0.25, -0.2) is 9.97 Å². The van der Waals surface area contributed by atoms with Crippen LogP contribution in [0.4, 0.5) is 0 Å². The molecular weight excluding hydrogens is 235 g/mol. The molecule has 0 bridgehead atoms. The lowest BCUT2D eigenvalue weighted by atomic mass is 10.6. The molecule has 4 nitrogen and oxygen atoms in total. The van der Waals surface area contributed by atoms with Crippen molar-refractivity contribution in [3.8, 4) is 0 Å². The molecule has 1 N–H and O–H groups in total. The topological polar surface area (TPSA) is 54.5 Å². The molecule has 0 amide bonds. The lowest BCUT2D eigenvalue weighted by Crippen LogP contribution is -1.84. The van der Waals surface area contributed by atoms with Crippen LogP contribution in [0.15, 0.2) is 12.7 Å². The number of rotatable bonds is 0. The average molecular weight is 245 g/mol. The van der Waals surface area contributed by atoms with Crippen molar-refractivity contribution in [1.29, 1.82) is 0 Å². The maximum absolute atomic E-state index is 5.77. The van der Waals surface area contributed by atoms with Crippen molar-refractivity contribution in [3.63, 3.8) is 0 Å². The summed E-state index contributed by atoms with van der Waals surface area (Å²) < 4.78 is 0. The van der Waals surface area contributed by atoms with Gasteiger partial charge in [-0.05, 0) is 25.4 Å². The van der Waals surface area contributed by atoms with Crippen LogP contribution in [0.5, 0.6) is 0 Å². The molecule has 0 saturated carbocycles. The minimum absolute atomic E-state index is 0.110. The van der Waals surface area contributed by atoms with Gasteiger partial charge in [0.15, 0.2) is 10.8 Å². The fraction of sp³-hybridized carbons (Fsp3) is 0.222. The van der Waals surface area contributed by atoms with E-state index in [9.17, 15) is 0 Å². The fourth-order valence-electron chi connectivity index (χ4n) is 0.954. The molecule has 0 saturated heterocycles. The maximum atomic E-state index is 5.77. The van der Waals surface area contributed by atoms with Crippen LogP contribution < -0.4 is 0 Å². The number of hydrogen-bond acceptors (Lipinski definition) is 3. The molecule has 0 unspecified atom stereocenters. The van der Waals surface area contributed by atoms with Crippen molar-refractivity contribution < 1.29 is 0 Å². The van der Waals surface area contributed by atoms with Crippen molar-refractivity contribution in [2.75, 3.05) is 0 Å². The number of aromatic amines is 1. The normalized spacial score (nSPS) is 9.60. The Balaban J connectivity index is 0.000000337. The van der Waals surface area contributed by atoms with Crippen LogP contribution in [-0.4, -0.2) is 19.9 Å². The number of nitrogens with zero attached hydrogens (tertiary/aromatic N) is 3. The van der Waals surface area contributed by atoms with E-state index in [-0.39, 0.29) is 5.28 Å². The minimum atomic E-state index is 0.110. The highest BCUT2D eigenvalue weighted by Gasteiger charge is 2.07. The number of fused-ring (bicyclic) bond motifs is 1. The Morgan fingerprint density at radius 2 is 1.87 bits per heavy atom. The Labute approximate surface area is 97.4 Å². The molecule has 0 spiro atoms. The van der Waals surface area contributed by atoms with Gasteiger partial charge in [-0.2, -0.15) is 4.98 Å². The van der Waals surface area contributed by atoms with E-state index in [2.05, 4.69) is 26.5 Å². The molecule has 80 valence electrons. The molecule has 2 heterocycles. The highest BCUT2D eigenvalue weighted by molar-refractivity contribution is 6.35. The summed E-state index contributed by atoms with van der Waals surface area (Å²) in [7, 11) is 0. The molecule has 2 aromatic rings. The zero-order chi connectivity index (χ0) is 11.4. The second kappa shape index (κ2) is 5.09. The van der Waals surface area contributed by atoms with Gasteiger partial charge in [-0.1, -0.05) is 17.7 Å². The average Bonchev–Trinajstić information content (AvgIpc) is 2.47. The molecular formula is C9H10Cl2N4. The summed E-state index contributed by atoms with van der Waals surface area (Å²) in [5.41, 5.74) is 1.12. The molecule has 6 heteroatoms. The standard InChI is InChI=1S/C6H4Cl2N4.C3H6/c1-2-9-3-4(7)11-6(8)12-5(3)10-2;1-3-2/h1H3,(H,9,10,11,12);3H,1H2,2H3. The maximum Gasteiger partial charge on any atom is 0.225 e. The first-order chi connectivity index (χ1) is 7.08. The number of aromatic nitrogens is 4. The van der Waals surface area contributed by atoms with Gasteiger partial charge >= 0.3 is 0 Å². The molecule has 0 aromatic carbocycles. The highest BCUT2D eigenvalue weighted by atomic mass is 35.5. The number of aryl methyl sites for hydroxylation is 1. The van der Waals surface area contributed by atoms with Crippen LogP contribution in [0.2, 0.25) is 10.4 Å². The summed E-state index contributed by atoms with van der Waals surface area (Å²) in [6, 6.07) is 0. The van der Waals surface area contributed by atoms with Gasteiger partial charge in [0, 0.05) is 0 Å². The molecule has 2 aromatic heterocycles. The van der Waals surface area contributed by atoms with E-state index in [1.165, 1.54) is 0 Å². The molecule has 2 rings (SSSR count). The lowest BCUT2D eigenvalue weighted by molar-refractivity contribution is 1.16. The second-order valence-corrected chi connectivity index (χ2v) is 3.41. The van der Waals surface area contributed by atoms with Crippen LogP contribution in [0.3, 0.4) is 0 Å². The first-order valence-corrected chi connectivity index (χ1v) is 4.96. The fourth-order valence-corrected chi connectivity index (χ4v) is 1.37. The zero-order valence-electron chi connectivity index (χ0n) is 8.38. The summed E-state index contributed by atoms with van der Waals surface area (Å²) in [6.45, 7) is 7.06. The van der Waals surface area contributed by atoms with Gasteiger partial charge in [0.05, 0.1) is 0 Å². The third-order valence-corrected chi connectivity index (χ3v) is 1.84. The summed E-state index contributed by atoms with van der Waals surface area (Å²) in [4.78, 5) is 14.6. The van der Waals surface area contributed by atoms with Crippen LogP contribution in [0.1, 0.15) is 12.7 Å². The van der Waals surface area contributed by atoms with E-state index in [1.54, 1.807) is 6.08 Å². The predicted octanol–water partition coefficient (Wildman–Crippen LogP) is 3.16. The molecule has 0 aliphatic rings. The van der Waals surface area contributed by atoms with Crippen LogP contribution in [0.25, 0.3) is 11.2 Å². The number of halogens is 2. The summed E-state index contributed by atoms with van der Waals surface area (Å²) >= 11 is 11.3. The number of hydrogen-bond donors (Lipinski definition) is 1. The Hall–Kier alpha value is -1.13. The van der Waals surface area contributed by atoms with Gasteiger partial charge in [-0.3, -0.25) is 0 Å². The third-order valence-electron chi connectivity index (χ3n) is 1.40. The molecule has 0 aliphatic heterocycles. The predicted molar refractivity (Wildman–Crippen MR) is 62.3 cm³/mol.